The van der Waals surface area contributed by atoms with Crippen LogP contribution in [0.15, 0.2) is 84.9 Å². The second-order valence-corrected chi connectivity index (χ2v) is 8.32. The van der Waals surface area contributed by atoms with Crippen LogP contribution in [0, 0.1) is 0 Å². The van der Waals surface area contributed by atoms with E-state index in [1.54, 1.807) is 48.5 Å². The molecule has 170 valence electrons. The molecule has 0 saturated carbocycles. The number of esters is 1. The van der Waals surface area contributed by atoms with Crippen molar-refractivity contribution in [3.8, 4) is 23.0 Å². The quantitative estimate of drug-likeness (QED) is 0.256. The van der Waals surface area contributed by atoms with Crippen LogP contribution in [0.25, 0.3) is 0 Å². The topological polar surface area (TPSA) is 110 Å². The molecule has 2 N–H and O–H groups in total. The average molecular weight is 464 g/mol. The summed E-state index contributed by atoms with van der Waals surface area (Å²) in [5.74, 6) is -1.69. The van der Waals surface area contributed by atoms with E-state index in [1.807, 2.05) is 0 Å². The summed E-state index contributed by atoms with van der Waals surface area (Å²) in [5, 5.41) is 20.0. The van der Waals surface area contributed by atoms with Crippen LogP contribution < -0.4 is 4.74 Å². The molecule has 0 saturated heterocycles. The Kier molecular flexibility index (Phi) is 4.31. The Labute approximate surface area is 198 Å². The monoisotopic (exact) mass is 464 g/mol. The number of fused-ring (bicyclic) bond motifs is 6. The van der Waals surface area contributed by atoms with Crippen LogP contribution >= 0.6 is 0 Å². The molecule has 35 heavy (non-hydrogen) atoms. The SMILES string of the molecule is O=C(C(=O)c1ccc2c(c1)C(=O)OC21c2ccc(O)cc2Oc2cc(O)ccc21)c1ccccc1. The Morgan fingerprint density at radius 1 is 0.657 bits per heavy atom. The third-order valence-electron chi connectivity index (χ3n) is 6.28. The number of phenols is 2. The highest BCUT2D eigenvalue weighted by Gasteiger charge is 2.53. The predicted octanol–water partition coefficient (Wildman–Crippen LogP) is 4.73. The van der Waals surface area contributed by atoms with Gasteiger partial charge in [-0.25, -0.2) is 4.79 Å². The van der Waals surface area contributed by atoms with E-state index in [4.69, 9.17) is 9.47 Å². The minimum Gasteiger partial charge on any atom is -0.508 e. The fourth-order valence-corrected chi connectivity index (χ4v) is 4.70. The van der Waals surface area contributed by atoms with Crippen molar-refractivity contribution in [1.29, 1.82) is 0 Å². The van der Waals surface area contributed by atoms with E-state index in [0.717, 1.165) is 0 Å². The number of hydrogen-bond acceptors (Lipinski definition) is 7. The molecule has 0 aliphatic carbocycles. The Bertz CT molecular complexity index is 1520. The van der Waals surface area contributed by atoms with Crippen molar-refractivity contribution in [2.75, 3.05) is 0 Å². The summed E-state index contributed by atoms with van der Waals surface area (Å²) in [4.78, 5) is 38.7. The molecule has 2 aliphatic heterocycles. The number of hydrogen-bond donors (Lipinski definition) is 2. The second kappa shape index (κ2) is 7.30. The third-order valence-corrected chi connectivity index (χ3v) is 6.28. The zero-order valence-corrected chi connectivity index (χ0v) is 18.0. The van der Waals surface area contributed by atoms with Gasteiger partial charge in [0.25, 0.3) is 0 Å². The van der Waals surface area contributed by atoms with Crippen LogP contribution in [-0.4, -0.2) is 27.7 Å². The van der Waals surface area contributed by atoms with E-state index in [0.29, 0.717) is 16.7 Å². The summed E-state index contributed by atoms with van der Waals surface area (Å²) in [6.45, 7) is 0. The number of carbonyl (C=O) groups excluding carboxylic acids is 3. The minimum absolute atomic E-state index is 0.0487. The van der Waals surface area contributed by atoms with Crippen molar-refractivity contribution < 1.29 is 34.1 Å². The maximum atomic E-state index is 13.1. The van der Waals surface area contributed by atoms with Crippen molar-refractivity contribution in [3.63, 3.8) is 0 Å². The van der Waals surface area contributed by atoms with Gasteiger partial charge >= 0.3 is 5.97 Å². The number of ketones is 2. The standard InChI is InChI=1S/C28H16O7/c29-17-7-10-21-23(13-17)34-24-14-18(30)8-11-22(24)28(21)20-9-6-16(12-19(20)27(33)35-28)26(32)25(31)15-4-2-1-3-5-15/h1-14,29-30H. The maximum Gasteiger partial charge on any atom is 0.340 e. The summed E-state index contributed by atoms with van der Waals surface area (Å²) in [6.07, 6.45) is 0. The van der Waals surface area contributed by atoms with E-state index >= 15 is 0 Å². The van der Waals surface area contributed by atoms with E-state index in [2.05, 4.69) is 0 Å². The van der Waals surface area contributed by atoms with E-state index in [1.165, 1.54) is 36.4 Å². The molecule has 4 aromatic carbocycles. The van der Waals surface area contributed by atoms with Crippen molar-refractivity contribution in [2.45, 2.75) is 5.60 Å². The third kappa shape index (κ3) is 2.95. The van der Waals surface area contributed by atoms with Crippen LogP contribution in [0.1, 0.15) is 47.8 Å². The first-order chi connectivity index (χ1) is 16.9. The number of carbonyl (C=O) groups is 3. The van der Waals surface area contributed by atoms with Gasteiger partial charge in [-0.1, -0.05) is 42.5 Å². The van der Waals surface area contributed by atoms with Gasteiger partial charge in [0, 0.05) is 39.9 Å². The second-order valence-electron chi connectivity index (χ2n) is 8.32. The molecular weight excluding hydrogens is 448 g/mol. The van der Waals surface area contributed by atoms with Gasteiger partial charge in [0.05, 0.1) is 5.56 Å². The van der Waals surface area contributed by atoms with Gasteiger partial charge in [-0.15, -0.1) is 0 Å². The number of Topliss-reactive ketones (excluding diaryl/α,β-unsaturated/α-hetero) is 2. The van der Waals surface area contributed by atoms with Crippen molar-refractivity contribution in [2.24, 2.45) is 0 Å². The first kappa shape index (κ1) is 20.7. The van der Waals surface area contributed by atoms with E-state index < -0.39 is 23.1 Å². The molecule has 0 radical (unpaired) electrons. The Morgan fingerprint density at radius 3 is 1.86 bits per heavy atom. The smallest absolute Gasteiger partial charge is 0.340 e. The molecule has 2 heterocycles. The summed E-state index contributed by atoms with van der Waals surface area (Å²) < 4.78 is 11.9. The number of ether oxygens (including phenoxy) is 2. The first-order valence-corrected chi connectivity index (χ1v) is 10.8. The summed E-state index contributed by atoms with van der Waals surface area (Å²) in [6, 6.07) is 21.5. The number of aromatic hydroxyl groups is 2. The normalized spacial score (nSPS) is 14.3. The fourth-order valence-electron chi connectivity index (χ4n) is 4.70. The lowest BCUT2D eigenvalue weighted by Crippen LogP contribution is -2.32. The highest BCUT2D eigenvalue weighted by molar-refractivity contribution is 6.49. The van der Waals surface area contributed by atoms with Gasteiger partial charge in [-0.05, 0) is 30.3 Å². The lowest BCUT2D eigenvalue weighted by Gasteiger charge is -2.36. The lowest BCUT2D eigenvalue weighted by molar-refractivity contribution is 0.0224. The van der Waals surface area contributed by atoms with Crippen LogP contribution in [0.4, 0.5) is 0 Å². The molecule has 0 atom stereocenters. The molecule has 1 spiro atoms. The largest absolute Gasteiger partial charge is 0.508 e. The summed E-state index contributed by atoms with van der Waals surface area (Å²) in [5.41, 5.74) is 0.423. The van der Waals surface area contributed by atoms with Crippen LogP contribution in [0.5, 0.6) is 23.0 Å². The number of rotatable bonds is 3. The minimum atomic E-state index is -1.43. The predicted molar refractivity (Wildman–Crippen MR) is 123 cm³/mol. The van der Waals surface area contributed by atoms with E-state index in [9.17, 15) is 24.6 Å². The molecule has 0 bridgehead atoms. The maximum absolute atomic E-state index is 13.1. The van der Waals surface area contributed by atoms with Gasteiger partial charge in [0.15, 0.2) is 5.60 Å². The van der Waals surface area contributed by atoms with Gasteiger partial charge in [0.2, 0.25) is 11.6 Å². The molecule has 0 unspecified atom stereocenters. The van der Waals surface area contributed by atoms with Crippen LogP contribution in [0.3, 0.4) is 0 Å². The molecule has 7 heteroatoms. The molecular formula is C28H16O7. The van der Waals surface area contributed by atoms with Crippen molar-refractivity contribution in [3.05, 3.63) is 118 Å². The lowest BCUT2D eigenvalue weighted by atomic mass is 9.77. The highest BCUT2D eigenvalue weighted by atomic mass is 16.6. The molecule has 0 amide bonds. The van der Waals surface area contributed by atoms with Gasteiger partial charge in [-0.2, -0.15) is 0 Å². The van der Waals surface area contributed by atoms with E-state index in [-0.39, 0.29) is 39.7 Å². The first-order valence-electron chi connectivity index (χ1n) is 10.8. The Hall–Kier alpha value is -4.91. The molecule has 7 nitrogen and oxygen atoms in total. The summed E-state index contributed by atoms with van der Waals surface area (Å²) in [7, 11) is 0. The Balaban J connectivity index is 1.53. The molecule has 0 aromatic heterocycles. The average Bonchev–Trinajstić information content (AvgIpc) is 3.15. The van der Waals surface area contributed by atoms with Gasteiger partial charge in [-0.3, -0.25) is 9.59 Å². The summed E-state index contributed by atoms with van der Waals surface area (Å²) >= 11 is 0. The molecule has 2 aliphatic rings. The zero-order chi connectivity index (χ0) is 24.3. The number of benzene rings is 4. The van der Waals surface area contributed by atoms with Gasteiger partial charge in [0.1, 0.15) is 23.0 Å². The number of phenolic OH excluding ortho intramolecular Hbond substituents is 2. The van der Waals surface area contributed by atoms with Crippen molar-refractivity contribution >= 4 is 17.5 Å². The van der Waals surface area contributed by atoms with Gasteiger partial charge < -0.3 is 19.7 Å². The molecule has 0 fully saturated rings. The molecule has 6 rings (SSSR count). The van der Waals surface area contributed by atoms with Crippen LogP contribution in [0.2, 0.25) is 0 Å². The van der Waals surface area contributed by atoms with Crippen LogP contribution in [-0.2, 0) is 10.3 Å². The zero-order valence-electron chi connectivity index (χ0n) is 18.0. The van der Waals surface area contributed by atoms with Crippen molar-refractivity contribution in [1.82, 2.24) is 0 Å². The highest BCUT2D eigenvalue weighted by Crippen LogP contribution is 2.57. The molecule has 4 aromatic rings. The fraction of sp³-hybridized carbons (Fsp3) is 0.0357. The Morgan fingerprint density at radius 2 is 1.23 bits per heavy atom.